The molecular weight excluding hydrogens is 164 g/mol. The van der Waals surface area contributed by atoms with Crippen LogP contribution in [0.5, 0.6) is 0 Å². The van der Waals surface area contributed by atoms with E-state index in [1.165, 1.54) is 0 Å². The third kappa shape index (κ3) is 3.19. The zero-order chi connectivity index (χ0) is 9.68. The van der Waals surface area contributed by atoms with Crippen LogP contribution in [-0.4, -0.2) is 21.0 Å². The van der Waals surface area contributed by atoms with Gasteiger partial charge in [0.2, 0.25) is 0 Å². The molecule has 0 aromatic carbocycles. The minimum Gasteiger partial charge on any atom is -0.393 e. The maximum absolute atomic E-state index is 9.55. The molecule has 1 aromatic rings. The van der Waals surface area contributed by atoms with Crippen LogP contribution in [0.1, 0.15) is 32.3 Å². The Hall–Kier alpha value is -0.830. The normalized spacial score (nSPS) is 13.2. The summed E-state index contributed by atoms with van der Waals surface area (Å²) in [5.74, 6) is 0. The van der Waals surface area contributed by atoms with Crippen LogP contribution in [0.25, 0.3) is 0 Å². The maximum Gasteiger partial charge on any atom is 0.0581 e. The molecule has 0 spiro atoms. The molecule has 13 heavy (non-hydrogen) atoms. The fraction of sp³-hybridized carbons (Fsp3) is 0.700. The van der Waals surface area contributed by atoms with Crippen molar-refractivity contribution in [2.24, 2.45) is 0 Å². The fourth-order valence-electron chi connectivity index (χ4n) is 1.39. The summed E-state index contributed by atoms with van der Waals surface area (Å²) in [6.07, 6.45) is 6.26. The quantitative estimate of drug-likeness (QED) is 0.751. The van der Waals surface area contributed by atoms with Gasteiger partial charge in [0.15, 0.2) is 0 Å². The summed E-state index contributed by atoms with van der Waals surface area (Å²) in [5.41, 5.74) is 1.13. The van der Waals surface area contributed by atoms with Gasteiger partial charge in [-0.05, 0) is 18.9 Å². The van der Waals surface area contributed by atoms with Gasteiger partial charge in [-0.25, -0.2) is 0 Å². The number of aromatic nitrogens is 2. The molecule has 0 bridgehead atoms. The molecule has 74 valence electrons. The summed E-state index contributed by atoms with van der Waals surface area (Å²) in [4.78, 5) is 0. The molecule has 0 fully saturated rings. The molecule has 0 saturated carbocycles. The van der Waals surface area contributed by atoms with Gasteiger partial charge in [-0.2, -0.15) is 5.10 Å². The lowest BCUT2D eigenvalue weighted by atomic mass is 10.1. The zero-order valence-electron chi connectivity index (χ0n) is 8.40. The zero-order valence-corrected chi connectivity index (χ0v) is 8.40. The van der Waals surface area contributed by atoms with Crippen molar-refractivity contribution >= 4 is 0 Å². The molecule has 1 unspecified atom stereocenters. The first-order chi connectivity index (χ1) is 6.26. The SMILES string of the molecule is CCCC(O)Cc1cnn(CC)c1. The van der Waals surface area contributed by atoms with E-state index in [4.69, 9.17) is 0 Å². The number of nitrogens with zero attached hydrogens (tertiary/aromatic N) is 2. The number of aryl methyl sites for hydroxylation is 1. The van der Waals surface area contributed by atoms with E-state index in [1.54, 1.807) is 0 Å². The van der Waals surface area contributed by atoms with E-state index in [2.05, 4.69) is 18.9 Å². The van der Waals surface area contributed by atoms with Crippen LogP contribution in [0, 0.1) is 0 Å². The number of aliphatic hydroxyl groups is 1. The molecule has 1 N–H and O–H groups in total. The Bertz CT molecular complexity index is 245. The fourth-order valence-corrected chi connectivity index (χ4v) is 1.39. The highest BCUT2D eigenvalue weighted by Gasteiger charge is 2.05. The molecule has 0 aliphatic heterocycles. The van der Waals surface area contributed by atoms with Gasteiger partial charge in [0.05, 0.1) is 12.3 Å². The van der Waals surface area contributed by atoms with Crippen LogP contribution in [0.15, 0.2) is 12.4 Å². The topological polar surface area (TPSA) is 38.1 Å². The predicted octanol–water partition coefficient (Wildman–Crippen LogP) is 1.61. The van der Waals surface area contributed by atoms with E-state index in [-0.39, 0.29) is 6.10 Å². The molecule has 0 amide bonds. The monoisotopic (exact) mass is 182 g/mol. The first kappa shape index (κ1) is 10.3. The highest BCUT2D eigenvalue weighted by Crippen LogP contribution is 2.06. The summed E-state index contributed by atoms with van der Waals surface area (Å²) >= 11 is 0. The van der Waals surface area contributed by atoms with Crippen LogP contribution in [0.3, 0.4) is 0 Å². The largest absolute Gasteiger partial charge is 0.393 e. The van der Waals surface area contributed by atoms with Gasteiger partial charge >= 0.3 is 0 Å². The van der Waals surface area contributed by atoms with Crippen LogP contribution >= 0.6 is 0 Å². The molecule has 0 radical (unpaired) electrons. The van der Waals surface area contributed by atoms with Gasteiger partial charge in [-0.3, -0.25) is 4.68 Å². The lowest BCUT2D eigenvalue weighted by molar-refractivity contribution is 0.164. The van der Waals surface area contributed by atoms with Gasteiger partial charge in [-0.15, -0.1) is 0 Å². The summed E-state index contributed by atoms with van der Waals surface area (Å²) < 4.78 is 1.88. The second kappa shape index (κ2) is 5.02. The summed E-state index contributed by atoms with van der Waals surface area (Å²) in [6, 6.07) is 0. The third-order valence-electron chi connectivity index (χ3n) is 2.10. The highest BCUT2D eigenvalue weighted by molar-refractivity contribution is 5.05. The van der Waals surface area contributed by atoms with Crippen molar-refractivity contribution in [2.45, 2.75) is 45.8 Å². The van der Waals surface area contributed by atoms with Crippen LogP contribution in [-0.2, 0) is 13.0 Å². The Labute approximate surface area is 79.4 Å². The lowest BCUT2D eigenvalue weighted by Gasteiger charge is -2.06. The van der Waals surface area contributed by atoms with Crippen molar-refractivity contribution < 1.29 is 5.11 Å². The van der Waals surface area contributed by atoms with Crippen molar-refractivity contribution in [2.75, 3.05) is 0 Å². The Morgan fingerprint density at radius 2 is 2.31 bits per heavy atom. The molecule has 0 aliphatic carbocycles. The van der Waals surface area contributed by atoms with Gasteiger partial charge in [-0.1, -0.05) is 13.3 Å². The van der Waals surface area contributed by atoms with Crippen molar-refractivity contribution in [1.82, 2.24) is 9.78 Å². The van der Waals surface area contributed by atoms with Crippen molar-refractivity contribution in [3.05, 3.63) is 18.0 Å². The molecule has 1 aromatic heterocycles. The Morgan fingerprint density at radius 1 is 1.54 bits per heavy atom. The number of hydrogen-bond acceptors (Lipinski definition) is 2. The third-order valence-corrected chi connectivity index (χ3v) is 2.10. The first-order valence-corrected chi connectivity index (χ1v) is 4.95. The average molecular weight is 182 g/mol. The van der Waals surface area contributed by atoms with Crippen molar-refractivity contribution in [3.8, 4) is 0 Å². The molecule has 1 heterocycles. The van der Waals surface area contributed by atoms with Crippen LogP contribution in [0.4, 0.5) is 0 Å². The predicted molar refractivity (Wildman–Crippen MR) is 52.5 cm³/mol. The second-order valence-corrected chi connectivity index (χ2v) is 3.35. The first-order valence-electron chi connectivity index (χ1n) is 4.95. The summed E-state index contributed by atoms with van der Waals surface area (Å²) in [6.45, 7) is 5.03. The van der Waals surface area contributed by atoms with E-state index in [9.17, 15) is 5.11 Å². The smallest absolute Gasteiger partial charge is 0.0581 e. The Morgan fingerprint density at radius 3 is 2.85 bits per heavy atom. The van der Waals surface area contributed by atoms with Gasteiger partial charge in [0, 0.05) is 19.2 Å². The molecule has 0 aliphatic rings. The maximum atomic E-state index is 9.55. The summed E-state index contributed by atoms with van der Waals surface area (Å²) in [5, 5.41) is 13.7. The molecule has 3 heteroatoms. The van der Waals surface area contributed by atoms with Crippen LogP contribution < -0.4 is 0 Å². The lowest BCUT2D eigenvalue weighted by Crippen LogP contribution is -2.09. The highest BCUT2D eigenvalue weighted by atomic mass is 16.3. The van der Waals surface area contributed by atoms with E-state index in [0.29, 0.717) is 0 Å². The van der Waals surface area contributed by atoms with Gasteiger partial charge in [0.25, 0.3) is 0 Å². The Balaban J connectivity index is 2.44. The molecular formula is C10H18N2O. The van der Waals surface area contributed by atoms with Crippen molar-refractivity contribution in [3.63, 3.8) is 0 Å². The molecule has 3 nitrogen and oxygen atoms in total. The number of hydrogen-bond donors (Lipinski definition) is 1. The van der Waals surface area contributed by atoms with E-state index in [0.717, 1.165) is 31.4 Å². The standard InChI is InChI=1S/C10H18N2O/c1-3-5-10(13)6-9-7-11-12(4-2)8-9/h7-8,10,13H,3-6H2,1-2H3. The van der Waals surface area contributed by atoms with E-state index >= 15 is 0 Å². The average Bonchev–Trinajstić information content (AvgIpc) is 2.52. The molecule has 0 saturated heterocycles. The number of rotatable bonds is 5. The minimum atomic E-state index is -0.209. The van der Waals surface area contributed by atoms with Crippen LogP contribution in [0.2, 0.25) is 0 Å². The van der Waals surface area contributed by atoms with Gasteiger partial charge in [0.1, 0.15) is 0 Å². The molecule has 1 atom stereocenters. The van der Waals surface area contributed by atoms with E-state index < -0.39 is 0 Å². The number of aliphatic hydroxyl groups excluding tert-OH is 1. The summed E-state index contributed by atoms with van der Waals surface area (Å²) in [7, 11) is 0. The van der Waals surface area contributed by atoms with Gasteiger partial charge < -0.3 is 5.11 Å². The Kier molecular flexibility index (Phi) is 3.96. The van der Waals surface area contributed by atoms with E-state index in [1.807, 2.05) is 17.1 Å². The second-order valence-electron chi connectivity index (χ2n) is 3.35. The van der Waals surface area contributed by atoms with Crippen molar-refractivity contribution in [1.29, 1.82) is 0 Å². The minimum absolute atomic E-state index is 0.209. The molecule has 1 rings (SSSR count).